The quantitative estimate of drug-likeness (QED) is 0.740. The lowest BCUT2D eigenvalue weighted by molar-refractivity contribution is 0.166. The Labute approximate surface area is 145 Å². The predicted octanol–water partition coefficient (Wildman–Crippen LogP) is 3.94. The zero-order chi connectivity index (χ0) is 18.4. The molecule has 1 atom stereocenters. The summed E-state index contributed by atoms with van der Waals surface area (Å²) in [4.78, 5) is 12.1. The monoisotopic (exact) mass is 348 g/mol. The van der Waals surface area contributed by atoms with Gasteiger partial charge in [-0.05, 0) is 36.1 Å². The minimum atomic E-state index is -1.47. The average Bonchev–Trinajstić information content (AvgIpc) is 2.60. The molecule has 0 aliphatic carbocycles. The van der Waals surface area contributed by atoms with Crippen LogP contribution in [0.15, 0.2) is 36.4 Å². The number of aryl methyl sites for hydroxylation is 2. The lowest BCUT2D eigenvalue weighted by atomic mass is 10.0. The number of rotatable bonds is 6. The van der Waals surface area contributed by atoms with E-state index in [-0.39, 0.29) is 6.54 Å². The number of halogens is 2. The van der Waals surface area contributed by atoms with Crippen molar-refractivity contribution >= 4 is 11.7 Å². The number of aliphatic hydroxyl groups is 1. The van der Waals surface area contributed by atoms with Gasteiger partial charge in [-0.2, -0.15) is 0 Å². The van der Waals surface area contributed by atoms with Crippen molar-refractivity contribution in [3.63, 3.8) is 0 Å². The lowest BCUT2D eigenvalue weighted by Gasteiger charge is -2.17. The minimum absolute atomic E-state index is 0.306. The zero-order valence-corrected chi connectivity index (χ0v) is 14.3. The van der Waals surface area contributed by atoms with Gasteiger partial charge in [-0.1, -0.05) is 38.1 Å². The van der Waals surface area contributed by atoms with E-state index in [2.05, 4.69) is 10.6 Å². The van der Waals surface area contributed by atoms with Crippen LogP contribution in [0.25, 0.3) is 0 Å². The van der Waals surface area contributed by atoms with Crippen LogP contribution in [-0.2, 0) is 12.8 Å². The van der Waals surface area contributed by atoms with Gasteiger partial charge in [0.15, 0.2) is 0 Å². The van der Waals surface area contributed by atoms with Crippen molar-refractivity contribution in [1.82, 2.24) is 5.32 Å². The highest BCUT2D eigenvalue weighted by molar-refractivity contribution is 5.91. The van der Waals surface area contributed by atoms with Gasteiger partial charge in [-0.3, -0.25) is 0 Å². The number of aliphatic hydroxyl groups excluding tert-OH is 1. The van der Waals surface area contributed by atoms with Gasteiger partial charge in [0.05, 0.1) is 5.56 Å². The molecule has 0 saturated heterocycles. The molecule has 1 unspecified atom stereocenters. The molecular weight excluding hydrogens is 326 g/mol. The molecule has 6 heteroatoms. The third-order valence-corrected chi connectivity index (χ3v) is 4.03. The van der Waals surface area contributed by atoms with Crippen LogP contribution in [0.2, 0.25) is 0 Å². The Morgan fingerprint density at radius 2 is 1.56 bits per heavy atom. The molecule has 4 nitrogen and oxygen atoms in total. The summed E-state index contributed by atoms with van der Waals surface area (Å²) in [6, 6.07) is 8.60. The van der Waals surface area contributed by atoms with Crippen molar-refractivity contribution in [1.29, 1.82) is 0 Å². The number of anilines is 1. The fourth-order valence-corrected chi connectivity index (χ4v) is 2.68. The summed E-state index contributed by atoms with van der Waals surface area (Å²) in [7, 11) is 0. The Balaban J connectivity index is 2.04. The van der Waals surface area contributed by atoms with E-state index in [1.807, 2.05) is 32.0 Å². The standard InChI is InChI=1S/C19H22F2N2O2/c1-3-12-7-5-8-13(4-2)18(12)23-19(25)22-11-16(24)17-14(20)9-6-10-15(17)21/h5-10,16,24H,3-4,11H2,1-2H3,(H2,22,23,25). The smallest absolute Gasteiger partial charge is 0.319 e. The SMILES string of the molecule is CCc1cccc(CC)c1NC(=O)NCC(O)c1c(F)cccc1F. The maximum absolute atomic E-state index is 13.6. The molecule has 0 heterocycles. The van der Waals surface area contributed by atoms with Crippen LogP contribution in [0.4, 0.5) is 19.3 Å². The van der Waals surface area contributed by atoms with Gasteiger partial charge in [0.1, 0.15) is 17.7 Å². The minimum Gasteiger partial charge on any atom is -0.386 e. The second-order valence-corrected chi connectivity index (χ2v) is 5.64. The number of hydrogen-bond donors (Lipinski definition) is 3. The van der Waals surface area contributed by atoms with Gasteiger partial charge in [0, 0.05) is 12.2 Å². The number of urea groups is 1. The fourth-order valence-electron chi connectivity index (χ4n) is 2.68. The zero-order valence-electron chi connectivity index (χ0n) is 14.3. The van der Waals surface area contributed by atoms with E-state index in [1.54, 1.807) is 0 Å². The second kappa shape index (κ2) is 8.58. The number of nitrogens with one attached hydrogen (secondary N) is 2. The molecule has 0 saturated carbocycles. The van der Waals surface area contributed by atoms with E-state index < -0.39 is 29.3 Å². The van der Waals surface area contributed by atoms with Crippen LogP contribution in [0.5, 0.6) is 0 Å². The van der Waals surface area contributed by atoms with Crippen molar-refractivity contribution in [3.8, 4) is 0 Å². The normalized spacial score (nSPS) is 11.9. The topological polar surface area (TPSA) is 61.4 Å². The molecule has 0 aliphatic rings. The first-order chi connectivity index (χ1) is 12.0. The molecular formula is C19H22F2N2O2. The molecule has 25 heavy (non-hydrogen) atoms. The molecule has 134 valence electrons. The lowest BCUT2D eigenvalue weighted by Crippen LogP contribution is -2.33. The summed E-state index contributed by atoms with van der Waals surface area (Å²) in [6.45, 7) is 3.67. The number of benzene rings is 2. The third kappa shape index (κ3) is 4.54. The van der Waals surface area contributed by atoms with E-state index in [9.17, 15) is 18.7 Å². The van der Waals surface area contributed by atoms with Crippen molar-refractivity contribution in [3.05, 3.63) is 64.7 Å². The van der Waals surface area contributed by atoms with Gasteiger partial charge in [0.25, 0.3) is 0 Å². The Morgan fingerprint density at radius 1 is 1.04 bits per heavy atom. The summed E-state index contributed by atoms with van der Waals surface area (Å²) < 4.78 is 27.3. The van der Waals surface area contributed by atoms with Gasteiger partial charge in [0.2, 0.25) is 0 Å². The van der Waals surface area contributed by atoms with E-state index >= 15 is 0 Å². The molecule has 2 aromatic carbocycles. The first-order valence-corrected chi connectivity index (χ1v) is 8.25. The molecule has 0 fully saturated rings. The molecule has 0 radical (unpaired) electrons. The Morgan fingerprint density at radius 3 is 2.08 bits per heavy atom. The van der Waals surface area contributed by atoms with E-state index in [4.69, 9.17) is 0 Å². The Bertz CT molecular complexity index is 708. The third-order valence-electron chi connectivity index (χ3n) is 4.03. The first-order valence-electron chi connectivity index (χ1n) is 8.25. The molecule has 0 bridgehead atoms. The highest BCUT2D eigenvalue weighted by Crippen LogP contribution is 2.23. The van der Waals surface area contributed by atoms with Crippen molar-refractivity contribution in [2.45, 2.75) is 32.8 Å². The second-order valence-electron chi connectivity index (χ2n) is 5.64. The van der Waals surface area contributed by atoms with Crippen LogP contribution in [0, 0.1) is 11.6 Å². The van der Waals surface area contributed by atoms with Crippen molar-refractivity contribution in [2.75, 3.05) is 11.9 Å². The number of para-hydroxylation sites is 1. The molecule has 3 N–H and O–H groups in total. The average molecular weight is 348 g/mol. The molecule has 2 rings (SSSR count). The highest BCUT2D eigenvalue weighted by Gasteiger charge is 2.18. The van der Waals surface area contributed by atoms with Crippen molar-refractivity contribution < 1.29 is 18.7 Å². The highest BCUT2D eigenvalue weighted by atomic mass is 19.1. The van der Waals surface area contributed by atoms with Gasteiger partial charge < -0.3 is 15.7 Å². The number of carbonyl (C=O) groups is 1. The van der Waals surface area contributed by atoms with E-state index in [1.165, 1.54) is 6.07 Å². The Kier molecular flexibility index (Phi) is 6.47. The number of carbonyl (C=O) groups excluding carboxylic acids is 1. The van der Waals surface area contributed by atoms with E-state index in [0.717, 1.165) is 41.8 Å². The van der Waals surface area contributed by atoms with Crippen LogP contribution in [-0.4, -0.2) is 17.7 Å². The summed E-state index contributed by atoms with van der Waals surface area (Å²) >= 11 is 0. The van der Waals surface area contributed by atoms with E-state index in [0.29, 0.717) is 0 Å². The first kappa shape index (κ1) is 18.9. The van der Waals surface area contributed by atoms with Crippen LogP contribution >= 0.6 is 0 Å². The maximum atomic E-state index is 13.6. The summed E-state index contributed by atoms with van der Waals surface area (Å²) in [5, 5.41) is 15.2. The van der Waals surface area contributed by atoms with Gasteiger partial charge in [-0.25, -0.2) is 13.6 Å². The predicted molar refractivity (Wildman–Crippen MR) is 93.5 cm³/mol. The number of hydrogen-bond acceptors (Lipinski definition) is 2. The van der Waals surface area contributed by atoms with Crippen LogP contribution in [0.1, 0.15) is 36.6 Å². The van der Waals surface area contributed by atoms with Crippen LogP contribution in [0.3, 0.4) is 0 Å². The van der Waals surface area contributed by atoms with Crippen LogP contribution < -0.4 is 10.6 Å². The van der Waals surface area contributed by atoms with Crippen molar-refractivity contribution in [2.24, 2.45) is 0 Å². The van der Waals surface area contributed by atoms with Gasteiger partial charge in [-0.15, -0.1) is 0 Å². The maximum Gasteiger partial charge on any atom is 0.319 e. The summed E-state index contributed by atoms with van der Waals surface area (Å²) in [5.41, 5.74) is 2.27. The largest absolute Gasteiger partial charge is 0.386 e. The molecule has 2 amide bonds. The molecule has 0 aliphatic heterocycles. The number of amides is 2. The fraction of sp³-hybridized carbons (Fsp3) is 0.316. The molecule has 2 aromatic rings. The summed E-state index contributed by atoms with van der Waals surface area (Å²) in [6.07, 6.45) is 0.0398. The van der Waals surface area contributed by atoms with Gasteiger partial charge >= 0.3 is 6.03 Å². The Hall–Kier alpha value is -2.47. The summed E-state index contributed by atoms with van der Waals surface area (Å²) in [5.74, 6) is -1.70. The molecule has 0 aromatic heterocycles. The molecule has 0 spiro atoms.